The fourth-order valence-electron chi connectivity index (χ4n) is 0.612. The van der Waals surface area contributed by atoms with Crippen molar-refractivity contribution in [2.45, 2.75) is 26.4 Å². The van der Waals surface area contributed by atoms with Crippen LogP contribution in [0, 0.1) is 11.3 Å². The second-order valence-corrected chi connectivity index (χ2v) is 2.33. The maximum absolute atomic E-state index is 10.9. The molecule has 0 aromatic carbocycles. The zero-order valence-electron chi connectivity index (χ0n) is 7.57. The summed E-state index contributed by atoms with van der Waals surface area (Å²) in [5, 5.41) is 8.14. The van der Waals surface area contributed by atoms with E-state index in [9.17, 15) is 9.59 Å². The molecule has 0 amide bonds. The quantitative estimate of drug-likeness (QED) is 0.468. The summed E-state index contributed by atoms with van der Waals surface area (Å²) in [5.74, 6) is -1.17. The first-order valence-corrected chi connectivity index (χ1v) is 3.78. The third kappa shape index (κ3) is 5.67. The molecule has 0 N–H and O–H groups in total. The van der Waals surface area contributed by atoms with Gasteiger partial charge in [-0.05, 0) is 6.92 Å². The predicted octanol–water partition coefficient (Wildman–Crippen LogP) is 0.395. The maximum Gasteiger partial charge on any atom is 0.347 e. The molecule has 0 rings (SSSR count). The van der Waals surface area contributed by atoms with E-state index in [1.807, 2.05) is 6.07 Å². The van der Waals surface area contributed by atoms with Crippen molar-refractivity contribution in [2.75, 3.05) is 6.61 Å². The van der Waals surface area contributed by atoms with Crippen molar-refractivity contribution in [3.8, 4) is 6.07 Å². The van der Waals surface area contributed by atoms with E-state index < -0.39 is 18.0 Å². The van der Waals surface area contributed by atoms with E-state index in [2.05, 4.69) is 9.47 Å². The van der Waals surface area contributed by atoms with Crippen LogP contribution in [-0.2, 0) is 19.1 Å². The molecule has 0 aliphatic rings. The van der Waals surface area contributed by atoms with Gasteiger partial charge in [0.15, 0.2) is 6.10 Å². The largest absolute Gasteiger partial charge is 0.462 e. The summed E-state index contributed by atoms with van der Waals surface area (Å²) >= 11 is 0. The van der Waals surface area contributed by atoms with Gasteiger partial charge in [-0.2, -0.15) is 5.26 Å². The van der Waals surface area contributed by atoms with E-state index in [4.69, 9.17) is 5.26 Å². The molecular weight excluding hydrogens is 174 g/mol. The average molecular weight is 185 g/mol. The van der Waals surface area contributed by atoms with Gasteiger partial charge in [-0.15, -0.1) is 0 Å². The van der Waals surface area contributed by atoms with Crippen molar-refractivity contribution in [3.63, 3.8) is 0 Å². The SMILES string of the molecule is CC(=O)OC(C)C(=O)OCCC#N. The molecule has 5 nitrogen and oxygen atoms in total. The number of hydrogen-bond donors (Lipinski definition) is 0. The van der Waals surface area contributed by atoms with Crippen molar-refractivity contribution in [1.82, 2.24) is 0 Å². The summed E-state index contributed by atoms with van der Waals surface area (Å²) in [6.07, 6.45) is -0.769. The number of carbonyl (C=O) groups excluding carboxylic acids is 2. The minimum absolute atomic E-state index is 0.0287. The smallest absolute Gasteiger partial charge is 0.347 e. The molecule has 1 atom stereocenters. The highest BCUT2D eigenvalue weighted by Gasteiger charge is 2.16. The third-order valence-corrected chi connectivity index (χ3v) is 1.13. The molecule has 0 spiro atoms. The van der Waals surface area contributed by atoms with Crippen molar-refractivity contribution >= 4 is 11.9 Å². The minimum Gasteiger partial charge on any atom is -0.462 e. The Balaban J connectivity index is 3.71. The van der Waals surface area contributed by atoms with Crippen molar-refractivity contribution in [2.24, 2.45) is 0 Å². The topological polar surface area (TPSA) is 76.4 Å². The predicted molar refractivity (Wildman–Crippen MR) is 42.4 cm³/mol. The van der Waals surface area contributed by atoms with Crippen molar-refractivity contribution in [1.29, 1.82) is 5.26 Å². The molecule has 0 aliphatic heterocycles. The van der Waals surface area contributed by atoms with Crippen LogP contribution in [0.25, 0.3) is 0 Å². The standard InChI is InChI=1S/C8H11NO4/c1-6(13-7(2)10)8(11)12-5-3-4-9/h6H,3,5H2,1-2H3. The van der Waals surface area contributed by atoms with Gasteiger partial charge in [0.05, 0.1) is 12.5 Å². The zero-order chi connectivity index (χ0) is 10.3. The Kier molecular flexibility index (Phi) is 5.28. The van der Waals surface area contributed by atoms with Gasteiger partial charge in [-0.1, -0.05) is 0 Å². The maximum atomic E-state index is 10.9. The summed E-state index contributed by atoms with van der Waals surface area (Å²) in [4.78, 5) is 21.4. The first-order chi connectivity index (χ1) is 6.07. The Morgan fingerprint density at radius 2 is 2.15 bits per heavy atom. The monoisotopic (exact) mass is 185 g/mol. The molecule has 0 bridgehead atoms. The molecule has 0 saturated heterocycles. The molecular formula is C8H11NO4. The van der Waals surface area contributed by atoms with Crippen LogP contribution < -0.4 is 0 Å². The molecule has 5 heteroatoms. The lowest BCUT2D eigenvalue weighted by Gasteiger charge is -2.09. The van der Waals surface area contributed by atoms with E-state index in [1.54, 1.807) is 0 Å². The van der Waals surface area contributed by atoms with E-state index in [0.717, 1.165) is 0 Å². The molecule has 0 aromatic heterocycles. The van der Waals surface area contributed by atoms with Crippen LogP contribution in [0.1, 0.15) is 20.3 Å². The number of ether oxygens (including phenoxy) is 2. The van der Waals surface area contributed by atoms with Crippen molar-refractivity contribution in [3.05, 3.63) is 0 Å². The molecule has 72 valence electrons. The summed E-state index contributed by atoms with van der Waals surface area (Å²) in [6, 6.07) is 1.82. The van der Waals surface area contributed by atoms with Gasteiger partial charge < -0.3 is 9.47 Å². The number of carbonyl (C=O) groups is 2. The summed E-state index contributed by atoms with van der Waals surface area (Å²) in [6.45, 7) is 2.65. The van der Waals surface area contributed by atoms with Gasteiger partial charge in [-0.3, -0.25) is 4.79 Å². The Labute approximate surface area is 76.2 Å². The lowest BCUT2D eigenvalue weighted by molar-refractivity contribution is -0.165. The Morgan fingerprint density at radius 3 is 2.62 bits per heavy atom. The first kappa shape index (κ1) is 11.4. The van der Waals surface area contributed by atoms with Gasteiger partial charge in [0.2, 0.25) is 0 Å². The van der Waals surface area contributed by atoms with E-state index in [-0.39, 0.29) is 13.0 Å². The van der Waals surface area contributed by atoms with Gasteiger partial charge >= 0.3 is 11.9 Å². The number of nitriles is 1. The van der Waals surface area contributed by atoms with Crippen LogP contribution in [-0.4, -0.2) is 24.6 Å². The van der Waals surface area contributed by atoms with Crippen LogP contribution in [0.15, 0.2) is 0 Å². The summed E-state index contributed by atoms with van der Waals surface area (Å²) in [7, 11) is 0. The zero-order valence-corrected chi connectivity index (χ0v) is 7.57. The normalized spacial score (nSPS) is 11.2. The molecule has 0 heterocycles. The minimum atomic E-state index is -0.906. The summed E-state index contributed by atoms with van der Waals surface area (Å²) < 4.78 is 9.15. The number of hydrogen-bond acceptors (Lipinski definition) is 5. The van der Waals surface area contributed by atoms with Crippen molar-refractivity contribution < 1.29 is 19.1 Å². The van der Waals surface area contributed by atoms with Crippen LogP contribution >= 0.6 is 0 Å². The average Bonchev–Trinajstić information content (AvgIpc) is 2.03. The second-order valence-electron chi connectivity index (χ2n) is 2.33. The highest BCUT2D eigenvalue weighted by Crippen LogP contribution is 1.95. The number of esters is 2. The fraction of sp³-hybridized carbons (Fsp3) is 0.625. The third-order valence-electron chi connectivity index (χ3n) is 1.13. The molecule has 0 aromatic rings. The second kappa shape index (κ2) is 6.00. The van der Waals surface area contributed by atoms with Crippen LogP contribution in [0.5, 0.6) is 0 Å². The Morgan fingerprint density at radius 1 is 1.54 bits per heavy atom. The van der Waals surface area contributed by atoms with Gasteiger partial charge in [0.25, 0.3) is 0 Å². The van der Waals surface area contributed by atoms with E-state index in [1.165, 1.54) is 13.8 Å². The summed E-state index contributed by atoms with van der Waals surface area (Å²) in [5.41, 5.74) is 0. The molecule has 1 unspecified atom stereocenters. The Hall–Kier alpha value is -1.57. The fourth-order valence-corrected chi connectivity index (χ4v) is 0.612. The molecule has 0 aliphatic carbocycles. The molecule has 0 saturated carbocycles. The first-order valence-electron chi connectivity index (χ1n) is 3.78. The highest BCUT2D eigenvalue weighted by atomic mass is 16.6. The molecule has 0 fully saturated rings. The van der Waals surface area contributed by atoms with Crippen LogP contribution in [0.3, 0.4) is 0 Å². The van der Waals surface area contributed by atoms with E-state index in [0.29, 0.717) is 0 Å². The van der Waals surface area contributed by atoms with Gasteiger partial charge in [0.1, 0.15) is 6.61 Å². The van der Waals surface area contributed by atoms with E-state index >= 15 is 0 Å². The highest BCUT2D eigenvalue weighted by molar-refractivity contribution is 5.78. The number of rotatable bonds is 4. The van der Waals surface area contributed by atoms with Gasteiger partial charge in [-0.25, -0.2) is 4.79 Å². The van der Waals surface area contributed by atoms with Gasteiger partial charge in [0, 0.05) is 6.92 Å². The Bertz CT molecular complexity index is 231. The lowest BCUT2D eigenvalue weighted by Crippen LogP contribution is -2.25. The number of nitrogens with zero attached hydrogens (tertiary/aromatic N) is 1. The lowest BCUT2D eigenvalue weighted by atomic mass is 10.4. The molecule has 0 radical (unpaired) electrons. The van der Waals surface area contributed by atoms with Crippen LogP contribution in [0.4, 0.5) is 0 Å². The van der Waals surface area contributed by atoms with Crippen LogP contribution in [0.2, 0.25) is 0 Å². The molecule has 13 heavy (non-hydrogen) atoms.